The lowest BCUT2D eigenvalue weighted by atomic mass is 10.1. The summed E-state index contributed by atoms with van der Waals surface area (Å²) in [5.41, 5.74) is 5.38. The number of aryl methyl sites for hydroxylation is 3. The van der Waals surface area contributed by atoms with Gasteiger partial charge in [0, 0.05) is 31.4 Å². The van der Waals surface area contributed by atoms with Crippen LogP contribution in [-0.2, 0) is 0 Å². The maximum absolute atomic E-state index is 12.2. The third-order valence-corrected chi connectivity index (χ3v) is 4.07. The number of rotatable bonds is 6. The van der Waals surface area contributed by atoms with Gasteiger partial charge in [0.2, 0.25) is 0 Å². The Hall–Kier alpha value is -2.29. The van der Waals surface area contributed by atoms with E-state index in [0.717, 1.165) is 29.7 Å². The van der Waals surface area contributed by atoms with Gasteiger partial charge in [-0.1, -0.05) is 35.4 Å². The first-order valence-electron chi connectivity index (χ1n) is 8.10. The summed E-state index contributed by atoms with van der Waals surface area (Å²) in [6, 6.07) is 14.5. The summed E-state index contributed by atoms with van der Waals surface area (Å²) in [6.45, 7) is 7.66. The van der Waals surface area contributed by atoms with E-state index in [0.29, 0.717) is 6.54 Å². The fourth-order valence-electron chi connectivity index (χ4n) is 2.52. The van der Waals surface area contributed by atoms with Crippen molar-refractivity contribution in [3.8, 4) is 0 Å². The summed E-state index contributed by atoms with van der Waals surface area (Å²) in [6.07, 6.45) is 0.918. The number of amides is 1. The summed E-state index contributed by atoms with van der Waals surface area (Å²) in [5.74, 6) is 0.0178. The van der Waals surface area contributed by atoms with Crippen molar-refractivity contribution in [2.75, 3.05) is 25.0 Å². The van der Waals surface area contributed by atoms with Gasteiger partial charge in [0.15, 0.2) is 0 Å². The minimum Gasteiger partial charge on any atom is -0.375 e. The molecule has 0 saturated carbocycles. The molecule has 0 bridgehead atoms. The van der Waals surface area contributed by atoms with Crippen molar-refractivity contribution in [2.45, 2.75) is 27.2 Å². The lowest BCUT2D eigenvalue weighted by Gasteiger charge is -2.19. The van der Waals surface area contributed by atoms with Gasteiger partial charge in [-0.2, -0.15) is 0 Å². The Morgan fingerprint density at radius 3 is 2.35 bits per heavy atom. The summed E-state index contributed by atoms with van der Waals surface area (Å²) in [7, 11) is 2.08. The molecule has 0 aliphatic heterocycles. The van der Waals surface area contributed by atoms with Crippen LogP contribution in [-0.4, -0.2) is 26.0 Å². The molecule has 0 aromatic heterocycles. The molecule has 0 atom stereocenters. The Bertz CT molecular complexity index is 662. The first-order chi connectivity index (χ1) is 11.0. The molecule has 1 N–H and O–H groups in total. The predicted molar refractivity (Wildman–Crippen MR) is 97.3 cm³/mol. The Balaban J connectivity index is 1.79. The second-order valence-corrected chi connectivity index (χ2v) is 6.18. The molecular formula is C20H26N2O. The number of carbonyl (C=O) groups excluding carboxylic acids is 1. The van der Waals surface area contributed by atoms with Gasteiger partial charge < -0.3 is 10.2 Å². The van der Waals surface area contributed by atoms with Crippen LogP contribution in [0.15, 0.2) is 42.5 Å². The van der Waals surface area contributed by atoms with Crippen LogP contribution in [0.25, 0.3) is 0 Å². The van der Waals surface area contributed by atoms with Gasteiger partial charge >= 0.3 is 0 Å². The van der Waals surface area contributed by atoms with E-state index in [-0.39, 0.29) is 5.91 Å². The van der Waals surface area contributed by atoms with Crippen LogP contribution in [0.3, 0.4) is 0 Å². The second-order valence-electron chi connectivity index (χ2n) is 6.18. The highest BCUT2D eigenvalue weighted by atomic mass is 16.1. The number of nitrogens with zero attached hydrogens (tertiary/aromatic N) is 1. The lowest BCUT2D eigenvalue weighted by Crippen LogP contribution is -2.28. The average Bonchev–Trinajstić information content (AvgIpc) is 2.54. The SMILES string of the molecule is Cc1ccc(N(C)CCCNC(=O)c2cc(C)ccc2C)cc1. The van der Waals surface area contributed by atoms with Crippen molar-refractivity contribution in [3.63, 3.8) is 0 Å². The van der Waals surface area contributed by atoms with E-state index >= 15 is 0 Å². The number of hydrogen-bond donors (Lipinski definition) is 1. The largest absolute Gasteiger partial charge is 0.375 e. The van der Waals surface area contributed by atoms with E-state index in [1.54, 1.807) is 0 Å². The van der Waals surface area contributed by atoms with E-state index in [1.165, 1.54) is 11.3 Å². The molecule has 2 aromatic carbocycles. The molecule has 0 fully saturated rings. The van der Waals surface area contributed by atoms with E-state index in [2.05, 4.69) is 48.5 Å². The van der Waals surface area contributed by atoms with Gasteiger partial charge in [-0.3, -0.25) is 4.79 Å². The fraction of sp³-hybridized carbons (Fsp3) is 0.350. The number of nitrogens with one attached hydrogen (secondary N) is 1. The van der Waals surface area contributed by atoms with Crippen LogP contribution in [0.5, 0.6) is 0 Å². The number of benzene rings is 2. The molecule has 23 heavy (non-hydrogen) atoms. The highest BCUT2D eigenvalue weighted by Gasteiger charge is 2.08. The van der Waals surface area contributed by atoms with Crippen LogP contribution in [0.4, 0.5) is 5.69 Å². The van der Waals surface area contributed by atoms with Crippen molar-refractivity contribution < 1.29 is 4.79 Å². The summed E-state index contributed by atoms with van der Waals surface area (Å²) < 4.78 is 0. The monoisotopic (exact) mass is 310 g/mol. The zero-order chi connectivity index (χ0) is 16.8. The van der Waals surface area contributed by atoms with Gasteiger partial charge in [0.1, 0.15) is 0 Å². The maximum Gasteiger partial charge on any atom is 0.251 e. The van der Waals surface area contributed by atoms with Gasteiger partial charge in [0.25, 0.3) is 5.91 Å². The quantitative estimate of drug-likeness (QED) is 0.822. The second kappa shape index (κ2) is 7.82. The van der Waals surface area contributed by atoms with Crippen molar-refractivity contribution in [1.29, 1.82) is 0 Å². The van der Waals surface area contributed by atoms with Crippen LogP contribution in [0, 0.1) is 20.8 Å². The molecule has 0 heterocycles. The normalized spacial score (nSPS) is 10.4. The maximum atomic E-state index is 12.2. The molecule has 2 rings (SSSR count). The van der Waals surface area contributed by atoms with Crippen LogP contribution in [0.1, 0.15) is 33.5 Å². The standard InChI is InChI=1S/C20H26N2O/c1-15-7-10-18(11-8-15)22(4)13-5-12-21-20(23)19-14-16(2)6-9-17(19)3/h6-11,14H,5,12-13H2,1-4H3,(H,21,23). The van der Waals surface area contributed by atoms with Crippen molar-refractivity contribution in [1.82, 2.24) is 5.32 Å². The highest BCUT2D eigenvalue weighted by molar-refractivity contribution is 5.95. The Morgan fingerprint density at radius 1 is 1.00 bits per heavy atom. The summed E-state index contributed by atoms with van der Waals surface area (Å²) in [4.78, 5) is 14.5. The number of anilines is 1. The third-order valence-electron chi connectivity index (χ3n) is 4.07. The molecule has 1 amide bonds. The van der Waals surface area contributed by atoms with Crippen molar-refractivity contribution in [2.24, 2.45) is 0 Å². The summed E-state index contributed by atoms with van der Waals surface area (Å²) >= 11 is 0. The molecule has 0 unspecified atom stereocenters. The molecule has 0 radical (unpaired) electrons. The Morgan fingerprint density at radius 2 is 1.65 bits per heavy atom. The van der Waals surface area contributed by atoms with E-state index < -0.39 is 0 Å². The van der Waals surface area contributed by atoms with Crippen LogP contribution < -0.4 is 10.2 Å². The molecule has 0 aliphatic carbocycles. The van der Waals surface area contributed by atoms with Crippen LogP contribution in [0.2, 0.25) is 0 Å². The highest BCUT2D eigenvalue weighted by Crippen LogP contribution is 2.13. The number of hydrogen-bond acceptors (Lipinski definition) is 2. The zero-order valence-corrected chi connectivity index (χ0v) is 14.5. The molecule has 0 spiro atoms. The minimum absolute atomic E-state index is 0.0178. The molecule has 122 valence electrons. The van der Waals surface area contributed by atoms with Crippen molar-refractivity contribution >= 4 is 11.6 Å². The molecule has 2 aromatic rings. The number of carbonyl (C=O) groups is 1. The van der Waals surface area contributed by atoms with Gasteiger partial charge in [-0.25, -0.2) is 0 Å². The first-order valence-corrected chi connectivity index (χ1v) is 8.10. The molecule has 3 nitrogen and oxygen atoms in total. The average molecular weight is 310 g/mol. The smallest absolute Gasteiger partial charge is 0.251 e. The molecule has 3 heteroatoms. The summed E-state index contributed by atoms with van der Waals surface area (Å²) in [5, 5.41) is 3.02. The van der Waals surface area contributed by atoms with Crippen LogP contribution >= 0.6 is 0 Å². The molecular weight excluding hydrogens is 284 g/mol. The Labute approximate surface area is 139 Å². The van der Waals surface area contributed by atoms with Gasteiger partial charge in [-0.05, 0) is 51.0 Å². The van der Waals surface area contributed by atoms with E-state index in [4.69, 9.17) is 0 Å². The van der Waals surface area contributed by atoms with Gasteiger partial charge in [-0.15, -0.1) is 0 Å². The van der Waals surface area contributed by atoms with Gasteiger partial charge in [0.05, 0.1) is 0 Å². The fourth-order valence-corrected chi connectivity index (χ4v) is 2.52. The zero-order valence-electron chi connectivity index (χ0n) is 14.5. The lowest BCUT2D eigenvalue weighted by molar-refractivity contribution is 0.0952. The topological polar surface area (TPSA) is 32.3 Å². The van der Waals surface area contributed by atoms with E-state index in [1.807, 2.05) is 32.0 Å². The third kappa shape index (κ3) is 4.85. The first kappa shape index (κ1) is 17.1. The minimum atomic E-state index is 0.0178. The Kier molecular flexibility index (Phi) is 5.80. The molecule has 0 saturated heterocycles. The predicted octanol–water partition coefficient (Wildman–Crippen LogP) is 3.87. The van der Waals surface area contributed by atoms with Crippen molar-refractivity contribution in [3.05, 3.63) is 64.7 Å². The van der Waals surface area contributed by atoms with E-state index in [9.17, 15) is 4.79 Å². The molecule has 0 aliphatic rings.